The second-order valence-corrected chi connectivity index (χ2v) is 9.89. The molecule has 208 valence electrons. The molecule has 3 aromatic rings. The van der Waals surface area contributed by atoms with Gasteiger partial charge < -0.3 is 36.9 Å². The summed E-state index contributed by atoms with van der Waals surface area (Å²) in [6, 6.07) is 9.27. The van der Waals surface area contributed by atoms with Crippen LogP contribution in [0.5, 0.6) is 5.75 Å². The molecule has 0 saturated carbocycles. The molecule has 11 nitrogen and oxygen atoms in total. The fraction of sp³-hybridized carbons (Fsp3) is 0.357. The van der Waals surface area contributed by atoms with Crippen molar-refractivity contribution < 1.29 is 29.4 Å². The molecule has 4 atom stereocenters. The van der Waals surface area contributed by atoms with Crippen LogP contribution in [-0.4, -0.2) is 63.1 Å². The van der Waals surface area contributed by atoms with E-state index in [1.165, 1.54) is 19.1 Å². The van der Waals surface area contributed by atoms with Crippen LogP contribution in [0.3, 0.4) is 0 Å². The molecule has 1 aromatic heterocycles. The van der Waals surface area contributed by atoms with Gasteiger partial charge in [0.25, 0.3) is 0 Å². The van der Waals surface area contributed by atoms with E-state index < -0.39 is 47.9 Å². The van der Waals surface area contributed by atoms with E-state index in [0.29, 0.717) is 5.56 Å². The van der Waals surface area contributed by atoms with Gasteiger partial charge in [0.2, 0.25) is 17.7 Å². The lowest BCUT2D eigenvalue weighted by Crippen LogP contribution is -2.57. The minimum Gasteiger partial charge on any atom is -0.508 e. The Balaban J connectivity index is 1.72. The Labute approximate surface area is 226 Å². The van der Waals surface area contributed by atoms with Crippen LogP contribution in [0, 0.1) is 5.92 Å². The summed E-state index contributed by atoms with van der Waals surface area (Å²) in [5.74, 6) is -3.19. The van der Waals surface area contributed by atoms with Crippen LogP contribution in [-0.2, 0) is 32.0 Å². The predicted octanol–water partition coefficient (Wildman–Crippen LogP) is 1.20. The second-order valence-electron chi connectivity index (χ2n) is 9.89. The third kappa shape index (κ3) is 7.81. The quantitative estimate of drug-likeness (QED) is 0.181. The Hall–Kier alpha value is -4.38. The number of hydrogen-bond donors (Lipinski definition) is 7. The third-order valence-electron chi connectivity index (χ3n) is 6.50. The maximum atomic E-state index is 13.3. The number of H-pyrrole nitrogens is 1. The largest absolute Gasteiger partial charge is 0.508 e. The molecule has 0 aliphatic rings. The molecule has 3 amide bonds. The van der Waals surface area contributed by atoms with Crippen molar-refractivity contribution >= 4 is 34.6 Å². The van der Waals surface area contributed by atoms with Crippen LogP contribution in [0.4, 0.5) is 0 Å². The highest BCUT2D eigenvalue weighted by molar-refractivity contribution is 5.94. The monoisotopic (exact) mass is 537 g/mol. The number of aromatic amines is 1. The van der Waals surface area contributed by atoms with Gasteiger partial charge in [-0.25, -0.2) is 4.79 Å². The summed E-state index contributed by atoms with van der Waals surface area (Å²) in [5, 5.41) is 27.7. The van der Waals surface area contributed by atoms with E-state index in [4.69, 9.17) is 5.73 Å². The van der Waals surface area contributed by atoms with E-state index >= 15 is 0 Å². The number of nitrogens with two attached hydrogens (primary N) is 1. The summed E-state index contributed by atoms with van der Waals surface area (Å²) in [6.45, 7) is 5.02. The lowest BCUT2D eigenvalue weighted by molar-refractivity contribution is -0.142. The zero-order chi connectivity index (χ0) is 28.7. The number of aromatic hydroxyl groups is 1. The molecule has 1 heterocycles. The van der Waals surface area contributed by atoms with Crippen molar-refractivity contribution in [2.75, 3.05) is 0 Å². The first-order chi connectivity index (χ1) is 18.5. The molecule has 4 unspecified atom stereocenters. The van der Waals surface area contributed by atoms with E-state index in [2.05, 4.69) is 20.9 Å². The Morgan fingerprint density at radius 2 is 1.49 bits per heavy atom. The number of benzene rings is 2. The molecular weight excluding hydrogens is 502 g/mol. The van der Waals surface area contributed by atoms with Gasteiger partial charge in [-0.15, -0.1) is 0 Å². The van der Waals surface area contributed by atoms with Crippen LogP contribution in [0.1, 0.15) is 31.9 Å². The minimum absolute atomic E-state index is 0.0195. The number of nitrogens with one attached hydrogen (secondary N) is 4. The zero-order valence-corrected chi connectivity index (χ0v) is 22.1. The molecule has 8 N–H and O–H groups in total. The van der Waals surface area contributed by atoms with E-state index in [1.807, 2.05) is 24.3 Å². The lowest BCUT2D eigenvalue weighted by atomic mass is 10.0. The van der Waals surface area contributed by atoms with Crippen LogP contribution < -0.4 is 21.7 Å². The van der Waals surface area contributed by atoms with Gasteiger partial charge in [0.1, 0.15) is 23.9 Å². The van der Waals surface area contributed by atoms with Gasteiger partial charge in [0.05, 0.1) is 6.04 Å². The first-order valence-corrected chi connectivity index (χ1v) is 12.7. The number of carbonyl (C=O) groups is 4. The number of aromatic nitrogens is 1. The summed E-state index contributed by atoms with van der Waals surface area (Å²) < 4.78 is 0. The van der Waals surface area contributed by atoms with E-state index in [9.17, 15) is 29.4 Å². The summed E-state index contributed by atoms with van der Waals surface area (Å²) in [4.78, 5) is 53.8. The third-order valence-corrected chi connectivity index (χ3v) is 6.50. The highest BCUT2D eigenvalue weighted by Gasteiger charge is 2.29. The number of carbonyl (C=O) groups excluding carboxylic acids is 3. The average Bonchev–Trinajstić information content (AvgIpc) is 3.31. The number of carboxylic acid groups (broad SMARTS) is 1. The minimum atomic E-state index is -1.26. The number of carboxylic acids is 1. The molecule has 0 aliphatic heterocycles. The number of phenols is 1. The Morgan fingerprint density at radius 1 is 0.846 bits per heavy atom. The molecule has 0 bridgehead atoms. The van der Waals surface area contributed by atoms with Crippen molar-refractivity contribution in [3.05, 3.63) is 65.9 Å². The Kier molecular flexibility index (Phi) is 9.67. The SMILES string of the molecule is CC(NC(=O)C(Cc1c[nH]c2ccccc12)NC(=O)C(N)C(C)C)C(=O)NC(Cc1ccc(O)cc1)C(=O)O. The summed E-state index contributed by atoms with van der Waals surface area (Å²) >= 11 is 0. The molecular formula is C28H35N5O6. The van der Waals surface area contributed by atoms with Gasteiger partial charge in [0, 0.05) is 29.9 Å². The van der Waals surface area contributed by atoms with Crippen molar-refractivity contribution in [1.29, 1.82) is 0 Å². The molecule has 11 heteroatoms. The van der Waals surface area contributed by atoms with E-state index in [1.54, 1.807) is 32.2 Å². The highest BCUT2D eigenvalue weighted by Crippen LogP contribution is 2.19. The average molecular weight is 538 g/mol. The summed E-state index contributed by atoms with van der Waals surface area (Å²) in [7, 11) is 0. The van der Waals surface area contributed by atoms with Gasteiger partial charge in [0.15, 0.2) is 0 Å². The zero-order valence-electron chi connectivity index (χ0n) is 22.1. The first-order valence-electron chi connectivity index (χ1n) is 12.7. The van der Waals surface area contributed by atoms with Crippen molar-refractivity contribution in [3.63, 3.8) is 0 Å². The molecule has 0 aliphatic carbocycles. The van der Waals surface area contributed by atoms with Gasteiger partial charge in [-0.3, -0.25) is 14.4 Å². The molecule has 0 fully saturated rings. The number of phenolic OH excluding ortho intramolecular Hbond substituents is 1. The highest BCUT2D eigenvalue weighted by atomic mass is 16.4. The van der Waals surface area contributed by atoms with Gasteiger partial charge in [-0.2, -0.15) is 0 Å². The standard InChI is InChI=1S/C28H35N5O6/c1-15(2)24(29)27(37)32-22(13-18-14-30-21-7-5-4-6-20(18)21)26(36)31-16(3)25(35)33-23(28(38)39)12-17-8-10-19(34)11-9-17/h4-11,14-16,22-24,30,34H,12-13,29H2,1-3H3,(H,31,36)(H,32,37)(H,33,35)(H,38,39). The molecule has 39 heavy (non-hydrogen) atoms. The van der Waals surface area contributed by atoms with Gasteiger partial charge in [-0.05, 0) is 42.2 Å². The number of rotatable bonds is 12. The number of hydrogen-bond acceptors (Lipinski definition) is 6. The number of aliphatic carboxylic acids is 1. The van der Waals surface area contributed by atoms with Crippen LogP contribution in [0.15, 0.2) is 54.7 Å². The fourth-order valence-corrected chi connectivity index (χ4v) is 4.04. The van der Waals surface area contributed by atoms with Crippen molar-refractivity contribution in [1.82, 2.24) is 20.9 Å². The van der Waals surface area contributed by atoms with Crippen LogP contribution >= 0.6 is 0 Å². The van der Waals surface area contributed by atoms with E-state index in [-0.39, 0.29) is 24.5 Å². The smallest absolute Gasteiger partial charge is 0.326 e. The lowest BCUT2D eigenvalue weighted by Gasteiger charge is -2.24. The molecule has 0 radical (unpaired) electrons. The first kappa shape index (κ1) is 29.2. The van der Waals surface area contributed by atoms with Crippen molar-refractivity contribution in [2.45, 2.75) is 57.8 Å². The van der Waals surface area contributed by atoms with Crippen molar-refractivity contribution in [2.24, 2.45) is 11.7 Å². The predicted molar refractivity (Wildman–Crippen MR) is 146 cm³/mol. The van der Waals surface area contributed by atoms with Gasteiger partial charge in [-0.1, -0.05) is 44.2 Å². The fourth-order valence-electron chi connectivity index (χ4n) is 4.04. The maximum absolute atomic E-state index is 13.3. The second kappa shape index (κ2) is 12.9. The molecule has 3 rings (SSSR count). The Bertz CT molecular complexity index is 1320. The Morgan fingerprint density at radius 3 is 2.13 bits per heavy atom. The van der Waals surface area contributed by atoms with Crippen molar-refractivity contribution in [3.8, 4) is 5.75 Å². The van der Waals surface area contributed by atoms with Crippen LogP contribution in [0.25, 0.3) is 10.9 Å². The normalized spacial score (nSPS) is 14.3. The topological polar surface area (TPSA) is 187 Å². The molecule has 0 saturated heterocycles. The van der Waals surface area contributed by atoms with Crippen LogP contribution in [0.2, 0.25) is 0 Å². The number of para-hydroxylation sites is 1. The van der Waals surface area contributed by atoms with E-state index in [0.717, 1.165) is 16.5 Å². The summed E-state index contributed by atoms with van der Waals surface area (Å²) in [5.41, 5.74) is 8.26. The number of fused-ring (bicyclic) bond motifs is 1. The maximum Gasteiger partial charge on any atom is 0.326 e. The summed E-state index contributed by atoms with van der Waals surface area (Å²) in [6.07, 6.45) is 1.88. The molecule has 0 spiro atoms. The van der Waals surface area contributed by atoms with Gasteiger partial charge >= 0.3 is 5.97 Å². The number of amides is 3. The molecule has 2 aromatic carbocycles.